The molecule has 1 rings (SSSR count). The van der Waals surface area contributed by atoms with Gasteiger partial charge in [-0.05, 0) is 20.3 Å². The first kappa shape index (κ1) is 13.4. The van der Waals surface area contributed by atoms with Gasteiger partial charge in [0.1, 0.15) is 11.6 Å². The fourth-order valence-corrected chi connectivity index (χ4v) is 2.08. The van der Waals surface area contributed by atoms with E-state index in [-0.39, 0.29) is 0 Å². The maximum absolute atomic E-state index is 4.50. The number of nitrogens with zero attached hydrogens (tertiary/aromatic N) is 3. The SMILES string of the molecule is CCCCN(CCBr)c1cc(C)nc(C)n1. The lowest BCUT2D eigenvalue weighted by Gasteiger charge is -2.23. The highest BCUT2D eigenvalue weighted by atomic mass is 79.9. The third-order valence-corrected chi connectivity index (χ3v) is 2.77. The Morgan fingerprint density at radius 1 is 1.25 bits per heavy atom. The number of unbranched alkanes of at least 4 members (excludes halogenated alkanes) is 1. The fourth-order valence-electron chi connectivity index (χ4n) is 1.65. The summed E-state index contributed by atoms with van der Waals surface area (Å²) in [6.45, 7) is 8.24. The molecule has 16 heavy (non-hydrogen) atoms. The van der Waals surface area contributed by atoms with Crippen LogP contribution in [0.2, 0.25) is 0 Å². The van der Waals surface area contributed by atoms with Gasteiger partial charge in [-0.2, -0.15) is 0 Å². The van der Waals surface area contributed by atoms with E-state index in [1.807, 2.05) is 13.8 Å². The summed E-state index contributed by atoms with van der Waals surface area (Å²) in [5, 5.41) is 0.971. The van der Waals surface area contributed by atoms with Gasteiger partial charge in [0.25, 0.3) is 0 Å². The van der Waals surface area contributed by atoms with Crippen molar-refractivity contribution in [2.45, 2.75) is 33.6 Å². The average molecular weight is 286 g/mol. The fraction of sp³-hybridized carbons (Fsp3) is 0.667. The monoisotopic (exact) mass is 285 g/mol. The van der Waals surface area contributed by atoms with Crippen LogP contribution in [-0.4, -0.2) is 28.4 Å². The Morgan fingerprint density at radius 2 is 2.00 bits per heavy atom. The summed E-state index contributed by atoms with van der Waals surface area (Å²) in [5.74, 6) is 1.91. The first-order valence-corrected chi connectivity index (χ1v) is 6.92. The Morgan fingerprint density at radius 3 is 2.56 bits per heavy atom. The smallest absolute Gasteiger partial charge is 0.132 e. The molecule has 0 saturated heterocycles. The van der Waals surface area contributed by atoms with Crippen LogP contribution in [0.3, 0.4) is 0 Å². The molecule has 1 aromatic heterocycles. The normalized spacial score (nSPS) is 10.5. The summed E-state index contributed by atoms with van der Waals surface area (Å²) in [7, 11) is 0. The van der Waals surface area contributed by atoms with Crippen molar-refractivity contribution in [2.24, 2.45) is 0 Å². The first-order chi connectivity index (χ1) is 7.67. The highest BCUT2D eigenvalue weighted by Crippen LogP contribution is 2.13. The van der Waals surface area contributed by atoms with Crippen molar-refractivity contribution >= 4 is 21.7 Å². The average Bonchev–Trinajstić information content (AvgIpc) is 2.22. The van der Waals surface area contributed by atoms with Crippen LogP contribution in [0, 0.1) is 13.8 Å². The quantitative estimate of drug-likeness (QED) is 0.752. The molecule has 0 bridgehead atoms. The molecule has 0 aliphatic carbocycles. The maximum Gasteiger partial charge on any atom is 0.132 e. The van der Waals surface area contributed by atoms with Gasteiger partial charge in [-0.3, -0.25) is 0 Å². The Labute approximate surface area is 106 Å². The van der Waals surface area contributed by atoms with Crippen LogP contribution >= 0.6 is 15.9 Å². The molecular formula is C12H20BrN3. The second-order valence-electron chi connectivity index (χ2n) is 3.94. The van der Waals surface area contributed by atoms with Gasteiger partial charge in [-0.25, -0.2) is 9.97 Å². The molecule has 0 atom stereocenters. The van der Waals surface area contributed by atoms with Gasteiger partial charge in [-0.1, -0.05) is 29.3 Å². The molecule has 1 heterocycles. The minimum atomic E-state index is 0.853. The lowest BCUT2D eigenvalue weighted by atomic mass is 10.3. The lowest BCUT2D eigenvalue weighted by Crippen LogP contribution is -2.27. The molecule has 0 aliphatic rings. The first-order valence-electron chi connectivity index (χ1n) is 5.80. The molecule has 0 radical (unpaired) electrons. The lowest BCUT2D eigenvalue weighted by molar-refractivity contribution is 0.723. The maximum atomic E-state index is 4.50. The summed E-state index contributed by atoms with van der Waals surface area (Å²) >= 11 is 3.49. The molecule has 0 aromatic carbocycles. The van der Waals surface area contributed by atoms with Crippen LogP contribution < -0.4 is 4.90 Å². The van der Waals surface area contributed by atoms with Crippen molar-refractivity contribution < 1.29 is 0 Å². The Kier molecular flexibility index (Phi) is 5.74. The number of rotatable bonds is 6. The van der Waals surface area contributed by atoms with Crippen LogP contribution in [-0.2, 0) is 0 Å². The van der Waals surface area contributed by atoms with Crippen molar-refractivity contribution in [1.29, 1.82) is 0 Å². The zero-order valence-electron chi connectivity index (χ0n) is 10.3. The van der Waals surface area contributed by atoms with Gasteiger partial charge in [0.05, 0.1) is 0 Å². The van der Waals surface area contributed by atoms with Crippen molar-refractivity contribution in [3.05, 3.63) is 17.6 Å². The number of hydrogen-bond acceptors (Lipinski definition) is 3. The van der Waals surface area contributed by atoms with Crippen molar-refractivity contribution in [2.75, 3.05) is 23.3 Å². The second kappa shape index (κ2) is 6.84. The minimum Gasteiger partial charge on any atom is -0.356 e. The van der Waals surface area contributed by atoms with E-state index in [0.717, 1.165) is 35.8 Å². The van der Waals surface area contributed by atoms with Gasteiger partial charge >= 0.3 is 0 Å². The molecule has 4 heteroatoms. The number of halogens is 1. The Balaban J connectivity index is 2.82. The molecule has 0 aliphatic heterocycles. The zero-order valence-corrected chi connectivity index (χ0v) is 11.9. The third kappa shape index (κ3) is 4.08. The highest BCUT2D eigenvalue weighted by molar-refractivity contribution is 9.09. The molecule has 1 aromatic rings. The van der Waals surface area contributed by atoms with E-state index in [1.165, 1.54) is 12.8 Å². The van der Waals surface area contributed by atoms with Crippen LogP contribution in [0.4, 0.5) is 5.82 Å². The zero-order chi connectivity index (χ0) is 12.0. The largest absolute Gasteiger partial charge is 0.356 e. The van der Waals surface area contributed by atoms with E-state index in [1.54, 1.807) is 0 Å². The number of alkyl halides is 1. The molecule has 0 unspecified atom stereocenters. The Hall–Kier alpha value is -0.640. The molecule has 0 N–H and O–H groups in total. The summed E-state index contributed by atoms with van der Waals surface area (Å²) < 4.78 is 0. The molecule has 0 fully saturated rings. The predicted molar refractivity (Wildman–Crippen MR) is 72.4 cm³/mol. The number of aromatic nitrogens is 2. The number of hydrogen-bond donors (Lipinski definition) is 0. The summed E-state index contributed by atoms with van der Waals surface area (Å²) in [5.41, 5.74) is 1.04. The van der Waals surface area contributed by atoms with Crippen LogP contribution in [0.5, 0.6) is 0 Å². The topological polar surface area (TPSA) is 29.0 Å². The van der Waals surface area contributed by atoms with Crippen LogP contribution in [0.1, 0.15) is 31.3 Å². The van der Waals surface area contributed by atoms with Crippen LogP contribution in [0.25, 0.3) is 0 Å². The van der Waals surface area contributed by atoms with Gasteiger partial charge in [0, 0.05) is 30.2 Å². The highest BCUT2D eigenvalue weighted by Gasteiger charge is 2.08. The standard InChI is InChI=1S/C12H20BrN3/c1-4-5-7-16(8-6-13)12-9-10(2)14-11(3)15-12/h9H,4-8H2,1-3H3. The summed E-state index contributed by atoms with van der Waals surface area (Å²) in [6.07, 6.45) is 2.41. The molecule has 90 valence electrons. The summed E-state index contributed by atoms with van der Waals surface area (Å²) in [6, 6.07) is 2.06. The van der Waals surface area contributed by atoms with E-state index in [0.29, 0.717) is 0 Å². The summed E-state index contributed by atoms with van der Waals surface area (Å²) in [4.78, 5) is 11.1. The van der Waals surface area contributed by atoms with Gasteiger partial charge in [0.15, 0.2) is 0 Å². The van der Waals surface area contributed by atoms with E-state index in [4.69, 9.17) is 0 Å². The van der Waals surface area contributed by atoms with Crippen molar-refractivity contribution in [1.82, 2.24) is 9.97 Å². The van der Waals surface area contributed by atoms with Gasteiger partial charge in [-0.15, -0.1) is 0 Å². The number of anilines is 1. The minimum absolute atomic E-state index is 0.853. The molecule has 3 nitrogen and oxygen atoms in total. The van der Waals surface area contributed by atoms with Gasteiger partial charge in [0.2, 0.25) is 0 Å². The van der Waals surface area contributed by atoms with E-state index in [2.05, 4.69) is 43.8 Å². The molecule has 0 amide bonds. The van der Waals surface area contributed by atoms with E-state index < -0.39 is 0 Å². The molecular weight excluding hydrogens is 266 g/mol. The second-order valence-corrected chi connectivity index (χ2v) is 4.74. The van der Waals surface area contributed by atoms with E-state index in [9.17, 15) is 0 Å². The third-order valence-electron chi connectivity index (χ3n) is 2.41. The van der Waals surface area contributed by atoms with E-state index >= 15 is 0 Å². The predicted octanol–water partition coefficient (Wildman–Crippen LogP) is 3.09. The molecule has 0 saturated carbocycles. The van der Waals surface area contributed by atoms with Crippen molar-refractivity contribution in [3.63, 3.8) is 0 Å². The van der Waals surface area contributed by atoms with Crippen molar-refractivity contribution in [3.8, 4) is 0 Å². The number of aryl methyl sites for hydroxylation is 2. The Bertz CT molecular complexity index is 308. The van der Waals surface area contributed by atoms with Crippen LogP contribution in [0.15, 0.2) is 6.07 Å². The van der Waals surface area contributed by atoms with Gasteiger partial charge < -0.3 is 4.90 Å². The molecule has 0 spiro atoms.